The first kappa shape index (κ1) is 17.7. The maximum atomic E-state index is 12.1. The second kappa shape index (κ2) is 6.84. The summed E-state index contributed by atoms with van der Waals surface area (Å²) in [6, 6.07) is 14.2. The zero-order valence-corrected chi connectivity index (χ0v) is 15.6. The summed E-state index contributed by atoms with van der Waals surface area (Å²) in [5.41, 5.74) is 2.13. The Bertz CT molecular complexity index is 790. The molecule has 2 aromatic carbocycles. The standard InChI is InChI=1S/C17H19BrN2O2S/c1-17(2,3)14-6-4-13(5-7-14)12-19-20-23(21,22)16-10-8-15(18)9-11-16/h4-12,20H,1-3H3/b19-12+. The number of benzene rings is 2. The van der Waals surface area contributed by atoms with Crippen molar-refractivity contribution in [2.45, 2.75) is 31.1 Å². The van der Waals surface area contributed by atoms with E-state index >= 15 is 0 Å². The van der Waals surface area contributed by atoms with Crippen LogP contribution in [0.2, 0.25) is 0 Å². The second-order valence-electron chi connectivity index (χ2n) is 6.18. The van der Waals surface area contributed by atoms with Crippen LogP contribution in [0.4, 0.5) is 0 Å². The summed E-state index contributed by atoms with van der Waals surface area (Å²) in [4.78, 5) is 2.38. The number of hydrogen-bond acceptors (Lipinski definition) is 3. The highest BCUT2D eigenvalue weighted by Crippen LogP contribution is 2.21. The van der Waals surface area contributed by atoms with E-state index in [9.17, 15) is 8.42 Å². The Morgan fingerprint density at radius 1 is 1.00 bits per heavy atom. The van der Waals surface area contributed by atoms with E-state index in [1.807, 2.05) is 24.3 Å². The fourth-order valence-electron chi connectivity index (χ4n) is 1.91. The highest BCUT2D eigenvalue weighted by molar-refractivity contribution is 9.10. The van der Waals surface area contributed by atoms with Crippen LogP contribution >= 0.6 is 15.9 Å². The molecule has 0 aliphatic heterocycles. The molecule has 0 aromatic heterocycles. The SMILES string of the molecule is CC(C)(C)c1ccc(/C=N/NS(=O)(=O)c2ccc(Br)cc2)cc1. The van der Waals surface area contributed by atoms with Gasteiger partial charge >= 0.3 is 0 Å². The van der Waals surface area contributed by atoms with Crippen molar-refractivity contribution in [1.82, 2.24) is 4.83 Å². The van der Waals surface area contributed by atoms with Crippen LogP contribution in [0.5, 0.6) is 0 Å². The van der Waals surface area contributed by atoms with Crippen LogP contribution in [0.1, 0.15) is 31.9 Å². The lowest BCUT2D eigenvalue weighted by Gasteiger charge is -2.18. The third kappa shape index (κ3) is 4.91. The van der Waals surface area contributed by atoms with Crippen LogP contribution in [0, 0.1) is 0 Å². The van der Waals surface area contributed by atoms with Gasteiger partial charge in [-0.1, -0.05) is 61.0 Å². The summed E-state index contributed by atoms with van der Waals surface area (Å²) in [6.45, 7) is 6.42. The summed E-state index contributed by atoms with van der Waals surface area (Å²) in [5, 5.41) is 3.83. The molecule has 6 heteroatoms. The van der Waals surface area contributed by atoms with Gasteiger partial charge in [0.05, 0.1) is 11.1 Å². The first-order valence-electron chi connectivity index (χ1n) is 7.09. The Balaban J connectivity index is 2.07. The molecule has 2 rings (SSSR count). The fraction of sp³-hybridized carbons (Fsp3) is 0.235. The van der Waals surface area contributed by atoms with Gasteiger partial charge in [0.15, 0.2) is 0 Å². The van der Waals surface area contributed by atoms with Gasteiger partial charge in [-0.2, -0.15) is 13.5 Å². The summed E-state index contributed by atoms with van der Waals surface area (Å²) in [7, 11) is -3.65. The van der Waals surface area contributed by atoms with Crippen molar-refractivity contribution in [2.75, 3.05) is 0 Å². The lowest BCUT2D eigenvalue weighted by atomic mass is 9.87. The van der Waals surface area contributed by atoms with Crippen molar-refractivity contribution in [3.05, 3.63) is 64.1 Å². The molecule has 0 amide bonds. The minimum Gasteiger partial charge on any atom is -0.200 e. The molecular formula is C17H19BrN2O2S. The molecule has 0 aliphatic rings. The van der Waals surface area contributed by atoms with Crippen LogP contribution in [0.3, 0.4) is 0 Å². The van der Waals surface area contributed by atoms with Crippen molar-refractivity contribution in [2.24, 2.45) is 5.10 Å². The van der Waals surface area contributed by atoms with E-state index in [4.69, 9.17) is 0 Å². The number of hydrogen-bond donors (Lipinski definition) is 1. The van der Waals surface area contributed by atoms with E-state index in [1.165, 1.54) is 23.9 Å². The second-order valence-corrected chi connectivity index (χ2v) is 8.76. The molecule has 0 fully saturated rings. The number of hydrazone groups is 1. The van der Waals surface area contributed by atoms with Crippen molar-refractivity contribution < 1.29 is 8.42 Å². The van der Waals surface area contributed by atoms with Crippen molar-refractivity contribution >= 4 is 32.2 Å². The first-order chi connectivity index (χ1) is 10.7. The molecule has 122 valence electrons. The molecule has 0 saturated carbocycles. The number of halogens is 1. The van der Waals surface area contributed by atoms with Gasteiger partial charge in [0.2, 0.25) is 0 Å². The Morgan fingerprint density at radius 3 is 2.09 bits per heavy atom. The molecule has 0 radical (unpaired) electrons. The van der Waals surface area contributed by atoms with Gasteiger partial charge in [-0.3, -0.25) is 0 Å². The zero-order valence-electron chi connectivity index (χ0n) is 13.2. The summed E-state index contributed by atoms with van der Waals surface area (Å²) in [6.07, 6.45) is 1.49. The molecule has 1 N–H and O–H groups in total. The maximum Gasteiger partial charge on any atom is 0.276 e. The predicted octanol–water partition coefficient (Wildman–Crippen LogP) is 4.06. The van der Waals surface area contributed by atoms with Gasteiger partial charge in [0.1, 0.15) is 0 Å². The monoisotopic (exact) mass is 394 g/mol. The van der Waals surface area contributed by atoms with Crippen LogP contribution in [0.15, 0.2) is 63.0 Å². The number of nitrogens with one attached hydrogen (secondary N) is 1. The molecule has 0 unspecified atom stereocenters. The zero-order chi connectivity index (χ0) is 17.1. The lowest BCUT2D eigenvalue weighted by molar-refractivity contribution is 0.584. The van der Waals surface area contributed by atoms with Crippen molar-refractivity contribution in [1.29, 1.82) is 0 Å². The third-order valence-corrected chi connectivity index (χ3v) is 5.05. The molecule has 2 aromatic rings. The van der Waals surface area contributed by atoms with Crippen molar-refractivity contribution in [3.8, 4) is 0 Å². The minimum absolute atomic E-state index is 0.0822. The van der Waals surface area contributed by atoms with E-state index in [2.05, 4.69) is 46.6 Å². The van der Waals surface area contributed by atoms with Gasteiger partial charge in [0.25, 0.3) is 10.0 Å². The number of sulfonamides is 1. The average molecular weight is 395 g/mol. The van der Waals surface area contributed by atoms with E-state index in [0.717, 1.165) is 10.0 Å². The molecule has 0 atom stereocenters. The Labute approximate surface area is 145 Å². The van der Waals surface area contributed by atoms with Crippen molar-refractivity contribution in [3.63, 3.8) is 0 Å². The Kier molecular flexibility index (Phi) is 5.26. The van der Waals surface area contributed by atoms with Crippen LogP contribution in [-0.2, 0) is 15.4 Å². The smallest absolute Gasteiger partial charge is 0.200 e. The molecule has 0 bridgehead atoms. The van der Waals surface area contributed by atoms with Crippen LogP contribution < -0.4 is 4.83 Å². The predicted molar refractivity (Wildman–Crippen MR) is 97.2 cm³/mol. The number of rotatable bonds is 4. The molecule has 4 nitrogen and oxygen atoms in total. The van der Waals surface area contributed by atoms with E-state index < -0.39 is 10.0 Å². The lowest BCUT2D eigenvalue weighted by Crippen LogP contribution is -2.18. The normalized spacial score (nSPS) is 12.5. The average Bonchev–Trinajstić information content (AvgIpc) is 2.47. The van der Waals surface area contributed by atoms with Crippen LogP contribution in [0.25, 0.3) is 0 Å². The minimum atomic E-state index is -3.65. The van der Waals surface area contributed by atoms with Gasteiger partial charge in [-0.15, -0.1) is 0 Å². The van der Waals surface area contributed by atoms with E-state index in [-0.39, 0.29) is 10.3 Å². The van der Waals surface area contributed by atoms with Gasteiger partial charge in [-0.05, 0) is 40.8 Å². The largest absolute Gasteiger partial charge is 0.276 e. The Hall–Kier alpha value is -1.66. The summed E-state index contributed by atoms with van der Waals surface area (Å²) in [5.74, 6) is 0. The molecule has 0 spiro atoms. The highest BCUT2D eigenvalue weighted by atomic mass is 79.9. The molecule has 0 saturated heterocycles. The highest BCUT2D eigenvalue weighted by Gasteiger charge is 2.13. The quantitative estimate of drug-likeness (QED) is 0.627. The summed E-state index contributed by atoms with van der Waals surface area (Å²) < 4.78 is 25.0. The Morgan fingerprint density at radius 2 is 1.57 bits per heavy atom. The van der Waals surface area contributed by atoms with Gasteiger partial charge in [-0.25, -0.2) is 4.83 Å². The molecule has 23 heavy (non-hydrogen) atoms. The fourth-order valence-corrected chi connectivity index (χ4v) is 2.96. The molecular weight excluding hydrogens is 376 g/mol. The third-order valence-electron chi connectivity index (χ3n) is 3.29. The first-order valence-corrected chi connectivity index (χ1v) is 9.37. The molecule has 0 heterocycles. The van der Waals surface area contributed by atoms with Gasteiger partial charge < -0.3 is 0 Å². The maximum absolute atomic E-state index is 12.1. The van der Waals surface area contributed by atoms with E-state index in [0.29, 0.717) is 0 Å². The number of nitrogens with zero attached hydrogens (tertiary/aromatic N) is 1. The van der Waals surface area contributed by atoms with Gasteiger partial charge in [0, 0.05) is 4.47 Å². The van der Waals surface area contributed by atoms with E-state index in [1.54, 1.807) is 12.1 Å². The molecule has 0 aliphatic carbocycles. The summed E-state index contributed by atoms with van der Waals surface area (Å²) >= 11 is 3.27. The topological polar surface area (TPSA) is 58.5 Å². The van der Waals surface area contributed by atoms with Crippen LogP contribution in [-0.4, -0.2) is 14.6 Å².